The van der Waals surface area contributed by atoms with E-state index in [9.17, 15) is 13.6 Å². The molecule has 1 aromatic carbocycles. The molecule has 0 spiro atoms. The number of anilines is 2. The number of rotatable bonds is 5. The van der Waals surface area contributed by atoms with Crippen LogP contribution in [-0.2, 0) is 0 Å². The summed E-state index contributed by atoms with van der Waals surface area (Å²) in [5, 5.41) is 5.70. The lowest BCUT2D eigenvalue weighted by Gasteiger charge is -2.12. The van der Waals surface area contributed by atoms with Crippen LogP contribution in [0, 0.1) is 11.6 Å². The Morgan fingerprint density at radius 2 is 1.91 bits per heavy atom. The molecule has 1 unspecified atom stereocenters. The van der Waals surface area contributed by atoms with Crippen LogP contribution in [0.3, 0.4) is 0 Å². The number of hydrogen-bond acceptors (Lipinski definition) is 3. The van der Waals surface area contributed by atoms with E-state index in [2.05, 4.69) is 22.5 Å². The molecule has 4 nitrogen and oxygen atoms in total. The van der Waals surface area contributed by atoms with Gasteiger partial charge in [-0.15, -0.1) is 0 Å². The Morgan fingerprint density at radius 1 is 1.18 bits per heavy atom. The standard InChI is InChI=1S/C16H17F2N3O/c1-3-10(2)20-12-5-7-15(19-9-12)16(22)21-11-4-6-13(17)14(18)8-11/h4-10,20H,3H2,1-2H3,(H,21,22). The van der Waals surface area contributed by atoms with Gasteiger partial charge in [-0.05, 0) is 37.6 Å². The van der Waals surface area contributed by atoms with Crippen molar-refractivity contribution in [3.8, 4) is 0 Å². The van der Waals surface area contributed by atoms with Gasteiger partial charge in [0.1, 0.15) is 5.69 Å². The Balaban J connectivity index is 2.04. The van der Waals surface area contributed by atoms with Crippen LogP contribution in [-0.4, -0.2) is 16.9 Å². The molecule has 22 heavy (non-hydrogen) atoms. The van der Waals surface area contributed by atoms with Gasteiger partial charge in [-0.3, -0.25) is 4.79 Å². The third kappa shape index (κ3) is 4.00. The number of halogens is 2. The molecule has 2 rings (SSSR count). The van der Waals surface area contributed by atoms with Crippen LogP contribution in [0.4, 0.5) is 20.2 Å². The first kappa shape index (κ1) is 15.9. The van der Waals surface area contributed by atoms with Crippen molar-refractivity contribution in [2.75, 3.05) is 10.6 Å². The summed E-state index contributed by atoms with van der Waals surface area (Å²) in [5.41, 5.74) is 1.19. The molecule has 2 aromatic rings. The summed E-state index contributed by atoms with van der Waals surface area (Å²) in [6.07, 6.45) is 2.53. The Kier molecular flexibility index (Phi) is 5.04. The Labute approximate surface area is 127 Å². The van der Waals surface area contributed by atoms with E-state index >= 15 is 0 Å². The van der Waals surface area contributed by atoms with Crippen molar-refractivity contribution in [3.63, 3.8) is 0 Å². The molecule has 1 aromatic heterocycles. The highest BCUT2D eigenvalue weighted by Gasteiger charge is 2.10. The third-order valence-electron chi connectivity index (χ3n) is 3.20. The molecule has 1 atom stereocenters. The molecular weight excluding hydrogens is 288 g/mol. The fraction of sp³-hybridized carbons (Fsp3) is 0.250. The molecule has 1 heterocycles. The lowest BCUT2D eigenvalue weighted by Crippen LogP contribution is -2.16. The summed E-state index contributed by atoms with van der Waals surface area (Å²) in [6, 6.07) is 6.79. The maximum atomic E-state index is 13.1. The largest absolute Gasteiger partial charge is 0.381 e. The van der Waals surface area contributed by atoms with Crippen molar-refractivity contribution in [2.24, 2.45) is 0 Å². The molecule has 0 fully saturated rings. The molecule has 0 saturated heterocycles. The number of nitrogens with one attached hydrogen (secondary N) is 2. The fourth-order valence-electron chi connectivity index (χ4n) is 1.77. The minimum Gasteiger partial charge on any atom is -0.381 e. The van der Waals surface area contributed by atoms with E-state index in [1.165, 1.54) is 6.07 Å². The first-order chi connectivity index (χ1) is 10.5. The average molecular weight is 305 g/mol. The van der Waals surface area contributed by atoms with Crippen molar-refractivity contribution in [3.05, 3.63) is 53.9 Å². The lowest BCUT2D eigenvalue weighted by molar-refractivity contribution is 0.102. The van der Waals surface area contributed by atoms with E-state index in [4.69, 9.17) is 0 Å². The molecule has 0 radical (unpaired) electrons. The number of nitrogens with zero attached hydrogens (tertiary/aromatic N) is 1. The van der Waals surface area contributed by atoms with Crippen molar-refractivity contribution in [1.82, 2.24) is 4.98 Å². The van der Waals surface area contributed by atoms with Gasteiger partial charge in [0, 0.05) is 17.8 Å². The highest BCUT2D eigenvalue weighted by molar-refractivity contribution is 6.02. The minimum absolute atomic E-state index is 0.174. The zero-order valence-corrected chi connectivity index (χ0v) is 12.4. The van der Waals surface area contributed by atoms with Gasteiger partial charge >= 0.3 is 0 Å². The van der Waals surface area contributed by atoms with E-state index in [1.807, 2.05) is 6.92 Å². The van der Waals surface area contributed by atoms with Crippen LogP contribution in [0.1, 0.15) is 30.8 Å². The van der Waals surface area contributed by atoms with Gasteiger partial charge in [-0.1, -0.05) is 6.92 Å². The van der Waals surface area contributed by atoms with Gasteiger partial charge in [0.25, 0.3) is 5.91 Å². The highest BCUT2D eigenvalue weighted by atomic mass is 19.2. The normalized spacial score (nSPS) is 11.8. The minimum atomic E-state index is -1.01. The van der Waals surface area contributed by atoms with Crippen LogP contribution < -0.4 is 10.6 Å². The third-order valence-corrected chi connectivity index (χ3v) is 3.20. The number of pyridine rings is 1. The molecule has 0 aliphatic carbocycles. The molecule has 6 heteroatoms. The molecular formula is C16H17F2N3O. The monoisotopic (exact) mass is 305 g/mol. The molecule has 0 aliphatic heterocycles. The van der Waals surface area contributed by atoms with Gasteiger partial charge in [0.05, 0.1) is 11.9 Å². The van der Waals surface area contributed by atoms with Gasteiger partial charge in [0.2, 0.25) is 0 Å². The predicted octanol–water partition coefficient (Wildman–Crippen LogP) is 3.82. The van der Waals surface area contributed by atoms with E-state index < -0.39 is 17.5 Å². The summed E-state index contributed by atoms with van der Waals surface area (Å²) in [6.45, 7) is 4.11. The molecule has 0 saturated carbocycles. The van der Waals surface area contributed by atoms with E-state index in [0.29, 0.717) is 6.04 Å². The summed E-state index contributed by atoms with van der Waals surface area (Å²) >= 11 is 0. The first-order valence-corrected chi connectivity index (χ1v) is 6.98. The van der Waals surface area contributed by atoms with Crippen molar-refractivity contribution in [2.45, 2.75) is 26.3 Å². The van der Waals surface area contributed by atoms with Crippen LogP contribution in [0.2, 0.25) is 0 Å². The molecule has 0 bridgehead atoms. The van der Waals surface area contributed by atoms with Crippen LogP contribution in [0.25, 0.3) is 0 Å². The predicted molar refractivity (Wildman–Crippen MR) is 81.9 cm³/mol. The molecule has 116 valence electrons. The maximum absolute atomic E-state index is 13.1. The summed E-state index contributed by atoms with van der Waals surface area (Å²) in [5.74, 6) is -2.46. The average Bonchev–Trinajstić information content (AvgIpc) is 2.51. The quantitative estimate of drug-likeness (QED) is 0.883. The number of aromatic nitrogens is 1. The molecule has 2 N–H and O–H groups in total. The summed E-state index contributed by atoms with van der Waals surface area (Å²) in [7, 11) is 0. The Bertz CT molecular complexity index is 659. The van der Waals surface area contributed by atoms with E-state index in [-0.39, 0.29) is 11.4 Å². The van der Waals surface area contributed by atoms with E-state index in [0.717, 1.165) is 24.2 Å². The van der Waals surface area contributed by atoms with Crippen molar-refractivity contribution in [1.29, 1.82) is 0 Å². The Hall–Kier alpha value is -2.50. The number of carbonyl (C=O) groups excluding carboxylic acids is 1. The Morgan fingerprint density at radius 3 is 2.50 bits per heavy atom. The first-order valence-electron chi connectivity index (χ1n) is 6.98. The van der Waals surface area contributed by atoms with Gasteiger partial charge in [-0.25, -0.2) is 13.8 Å². The zero-order valence-electron chi connectivity index (χ0n) is 12.4. The van der Waals surface area contributed by atoms with Gasteiger partial charge in [0.15, 0.2) is 11.6 Å². The van der Waals surface area contributed by atoms with E-state index in [1.54, 1.807) is 18.3 Å². The fourth-order valence-corrected chi connectivity index (χ4v) is 1.77. The second-order valence-electron chi connectivity index (χ2n) is 4.97. The lowest BCUT2D eigenvalue weighted by atomic mass is 10.2. The molecule has 0 aliphatic rings. The SMILES string of the molecule is CCC(C)Nc1ccc(C(=O)Nc2ccc(F)c(F)c2)nc1. The van der Waals surface area contributed by atoms with Gasteiger partial charge in [-0.2, -0.15) is 0 Å². The summed E-state index contributed by atoms with van der Waals surface area (Å²) in [4.78, 5) is 16.0. The zero-order chi connectivity index (χ0) is 16.1. The number of carbonyl (C=O) groups is 1. The summed E-state index contributed by atoms with van der Waals surface area (Å²) < 4.78 is 25.9. The van der Waals surface area contributed by atoms with Crippen LogP contribution in [0.15, 0.2) is 36.5 Å². The number of amides is 1. The highest BCUT2D eigenvalue weighted by Crippen LogP contribution is 2.15. The number of hydrogen-bond donors (Lipinski definition) is 2. The van der Waals surface area contributed by atoms with Crippen molar-refractivity contribution >= 4 is 17.3 Å². The number of benzene rings is 1. The second kappa shape index (κ2) is 6.98. The van der Waals surface area contributed by atoms with Gasteiger partial charge < -0.3 is 10.6 Å². The second-order valence-corrected chi connectivity index (χ2v) is 4.97. The maximum Gasteiger partial charge on any atom is 0.274 e. The molecule has 1 amide bonds. The topological polar surface area (TPSA) is 54.0 Å². The van der Waals surface area contributed by atoms with Crippen LogP contribution in [0.5, 0.6) is 0 Å². The smallest absolute Gasteiger partial charge is 0.274 e. The van der Waals surface area contributed by atoms with Crippen LogP contribution >= 0.6 is 0 Å². The van der Waals surface area contributed by atoms with Crippen molar-refractivity contribution < 1.29 is 13.6 Å².